The quantitative estimate of drug-likeness (QED) is 0.748. The van der Waals surface area contributed by atoms with Crippen LogP contribution in [0.5, 0.6) is 0 Å². The fourth-order valence-electron chi connectivity index (χ4n) is 1.97. The molecule has 1 aromatic rings. The molecule has 4 heteroatoms. The lowest BCUT2D eigenvalue weighted by Crippen LogP contribution is -2.28. The molecule has 2 heterocycles. The number of nitriles is 1. The first kappa shape index (κ1) is 10.9. The van der Waals surface area contributed by atoms with Crippen LogP contribution in [0.2, 0.25) is 0 Å². The minimum Gasteiger partial charge on any atom is -0.381 e. The predicted octanol–water partition coefficient (Wildman–Crippen LogP) is 1.15. The van der Waals surface area contributed by atoms with Crippen molar-refractivity contribution in [1.82, 2.24) is 4.57 Å². The van der Waals surface area contributed by atoms with Crippen molar-refractivity contribution in [1.29, 1.82) is 5.26 Å². The number of pyridine rings is 1. The Hall–Kier alpha value is -1.60. The molecule has 1 aliphatic heterocycles. The second-order valence-electron chi connectivity index (χ2n) is 4.05. The van der Waals surface area contributed by atoms with Gasteiger partial charge in [0, 0.05) is 26.0 Å². The summed E-state index contributed by atoms with van der Waals surface area (Å²) in [6, 6.07) is 5.22. The van der Waals surface area contributed by atoms with E-state index >= 15 is 0 Å². The number of hydrogen-bond donors (Lipinski definition) is 0. The van der Waals surface area contributed by atoms with Gasteiger partial charge in [-0.15, -0.1) is 0 Å². The Kier molecular flexibility index (Phi) is 3.37. The van der Waals surface area contributed by atoms with Gasteiger partial charge in [0.2, 0.25) is 0 Å². The van der Waals surface area contributed by atoms with E-state index in [1.54, 1.807) is 22.9 Å². The minimum atomic E-state index is -0.184. The Bertz CT molecular complexity index is 453. The van der Waals surface area contributed by atoms with Crippen LogP contribution in [-0.2, 0) is 11.3 Å². The van der Waals surface area contributed by atoms with Crippen molar-refractivity contribution in [3.05, 3.63) is 34.2 Å². The van der Waals surface area contributed by atoms with Crippen LogP contribution >= 0.6 is 0 Å². The van der Waals surface area contributed by atoms with Crippen LogP contribution < -0.4 is 5.56 Å². The standard InChI is InChI=1S/C12H14N2O2/c13-8-11-2-1-5-14(12(11)15)9-10-3-6-16-7-4-10/h1-2,5,10H,3-4,6-7,9H2. The molecule has 0 aromatic carbocycles. The highest BCUT2D eigenvalue weighted by atomic mass is 16.5. The van der Waals surface area contributed by atoms with E-state index in [9.17, 15) is 4.79 Å². The first-order chi connectivity index (χ1) is 7.81. The number of nitrogens with zero attached hydrogens (tertiary/aromatic N) is 2. The maximum Gasteiger partial charge on any atom is 0.268 e. The van der Waals surface area contributed by atoms with E-state index in [2.05, 4.69) is 0 Å². The molecular weight excluding hydrogens is 204 g/mol. The van der Waals surface area contributed by atoms with Gasteiger partial charge in [0.25, 0.3) is 5.56 Å². The van der Waals surface area contributed by atoms with Gasteiger partial charge < -0.3 is 9.30 Å². The number of aromatic nitrogens is 1. The van der Waals surface area contributed by atoms with E-state index in [0.29, 0.717) is 12.5 Å². The first-order valence-electron chi connectivity index (χ1n) is 5.48. The third-order valence-corrected chi connectivity index (χ3v) is 2.94. The van der Waals surface area contributed by atoms with Crippen molar-refractivity contribution in [2.45, 2.75) is 19.4 Å². The lowest BCUT2D eigenvalue weighted by atomic mass is 10.0. The summed E-state index contributed by atoms with van der Waals surface area (Å²) < 4.78 is 6.91. The summed E-state index contributed by atoms with van der Waals surface area (Å²) >= 11 is 0. The summed E-state index contributed by atoms with van der Waals surface area (Å²) in [5, 5.41) is 8.77. The fourth-order valence-corrected chi connectivity index (χ4v) is 1.97. The molecule has 0 N–H and O–H groups in total. The molecule has 0 saturated carbocycles. The van der Waals surface area contributed by atoms with E-state index < -0.39 is 0 Å². The maximum absolute atomic E-state index is 11.8. The highest BCUT2D eigenvalue weighted by molar-refractivity contribution is 5.24. The highest BCUT2D eigenvalue weighted by Crippen LogP contribution is 2.15. The molecule has 16 heavy (non-hydrogen) atoms. The van der Waals surface area contributed by atoms with Crippen LogP contribution in [0.1, 0.15) is 18.4 Å². The molecule has 2 rings (SSSR count). The van der Waals surface area contributed by atoms with E-state index in [1.165, 1.54) is 0 Å². The Morgan fingerprint density at radius 1 is 1.50 bits per heavy atom. The molecule has 0 amide bonds. The van der Waals surface area contributed by atoms with Crippen molar-refractivity contribution in [2.24, 2.45) is 5.92 Å². The Morgan fingerprint density at radius 3 is 2.94 bits per heavy atom. The number of rotatable bonds is 2. The lowest BCUT2D eigenvalue weighted by Gasteiger charge is -2.22. The maximum atomic E-state index is 11.8. The average Bonchev–Trinajstić information content (AvgIpc) is 2.33. The van der Waals surface area contributed by atoms with Gasteiger partial charge in [-0.2, -0.15) is 5.26 Å². The lowest BCUT2D eigenvalue weighted by molar-refractivity contribution is 0.0609. The molecule has 1 saturated heterocycles. The van der Waals surface area contributed by atoms with Gasteiger partial charge >= 0.3 is 0 Å². The Labute approximate surface area is 94.1 Å². The van der Waals surface area contributed by atoms with Crippen molar-refractivity contribution in [2.75, 3.05) is 13.2 Å². The third-order valence-electron chi connectivity index (χ3n) is 2.94. The Morgan fingerprint density at radius 2 is 2.25 bits per heavy atom. The van der Waals surface area contributed by atoms with Crippen LogP contribution in [0.25, 0.3) is 0 Å². The second kappa shape index (κ2) is 4.95. The zero-order valence-corrected chi connectivity index (χ0v) is 9.06. The van der Waals surface area contributed by atoms with E-state index in [-0.39, 0.29) is 11.1 Å². The van der Waals surface area contributed by atoms with E-state index in [0.717, 1.165) is 26.1 Å². The van der Waals surface area contributed by atoms with Crippen LogP contribution in [-0.4, -0.2) is 17.8 Å². The van der Waals surface area contributed by atoms with E-state index in [4.69, 9.17) is 10.00 Å². The predicted molar refractivity (Wildman–Crippen MR) is 59.0 cm³/mol. The van der Waals surface area contributed by atoms with Gasteiger partial charge in [-0.05, 0) is 30.9 Å². The van der Waals surface area contributed by atoms with Gasteiger partial charge in [0.05, 0.1) is 0 Å². The molecular formula is C12H14N2O2. The summed E-state index contributed by atoms with van der Waals surface area (Å²) in [6.07, 6.45) is 3.73. The average molecular weight is 218 g/mol. The molecule has 1 fully saturated rings. The summed E-state index contributed by atoms with van der Waals surface area (Å²) in [5.74, 6) is 0.486. The van der Waals surface area contributed by atoms with Crippen LogP contribution in [0.4, 0.5) is 0 Å². The van der Waals surface area contributed by atoms with Gasteiger partial charge in [-0.3, -0.25) is 4.79 Å². The monoisotopic (exact) mass is 218 g/mol. The summed E-state index contributed by atoms with van der Waals surface area (Å²) in [5.41, 5.74) is 0.0334. The third kappa shape index (κ3) is 2.31. The molecule has 0 bridgehead atoms. The molecule has 1 aromatic heterocycles. The minimum absolute atomic E-state index is 0.184. The number of ether oxygens (including phenoxy) is 1. The normalized spacial score (nSPS) is 16.9. The molecule has 84 valence electrons. The highest BCUT2D eigenvalue weighted by Gasteiger charge is 2.15. The zero-order chi connectivity index (χ0) is 11.4. The van der Waals surface area contributed by atoms with Gasteiger partial charge in [-0.25, -0.2) is 0 Å². The Balaban J connectivity index is 2.15. The van der Waals surface area contributed by atoms with Gasteiger partial charge in [0.15, 0.2) is 0 Å². The fraction of sp³-hybridized carbons (Fsp3) is 0.500. The molecule has 4 nitrogen and oxygen atoms in total. The van der Waals surface area contributed by atoms with Crippen LogP contribution in [0, 0.1) is 17.2 Å². The van der Waals surface area contributed by atoms with Crippen molar-refractivity contribution < 1.29 is 4.74 Å². The van der Waals surface area contributed by atoms with E-state index in [1.807, 2.05) is 6.07 Å². The first-order valence-corrected chi connectivity index (χ1v) is 5.48. The summed E-state index contributed by atoms with van der Waals surface area (Å²) in [7, 11) is 0. The SMILES string of the molecule is N#Cc1cccn(CC2CCOCC2)c1=O. The van der Waals surface area contributed by atoms with Crippen LogP contribution in [0.3, 0.4) is 0 Å². The van der Waals surface area contributed by atoms with Crippen LogP contribution in [0.15, 0.2) is 23.1 Å². The largest absolute Gasteiger partial charge is 0.381 e. The molecule has 0 unspecified atom stereocenters. The molecule has 0 aliphatic carbocycles. The van der Waals surface area contributed by atoms with Gasteiger partial charge in [0.1, 0.15) is 11.6 Å². The summed E-state index contributed by atoms with van der Waals surface area (Å²) in [6.45, 7) is 2.24. The molecule has 0 radical (unpaired) electrons. The molecule has 1 aliphatic rings. The topological polar surface area (TPSA) is 55.0 Å². The second-order valence-corrected chi connectivity index (χ2v) is 4.05. The molecule has 0 atom stereocenters. The molecule has 0 spiro atoms. The smallest absolute Gasteiger partial charge is 0.268 e. The van der Waals surface area contributed by atoms with Crippen molar-refractivity contribution >= 4 is 0 Å². The summed E-state index contributed by atoms with van der Waals surface area (Å²) in [4.78, 5) is 11.8. The van der Waals surface area contributed by atoms with Crippen molar-refractivity contribution in [3.8, 4) is 6.07 Å². The van der Waals surface area contributed by atoms with Crippen molar-refractivity contribution in [3.63, 3.8) is 0 Å². The zero-order valence-electron chi connectivity index (χ0n) is 9.06. The number of hydrogen-bond acceptors (Lipinski definition) is 3. The van der Waals surface area contributed by atoms with Gasteiger partial charge in [-0.1, -0.05) is 0 Å².